The van der Waals surface area contributed by atoms with Crippen LogP contribution in [-0.2, 0) is 14.3 Å². The van der Waals surface area contributed by atoms with E-state index in [4.69, 9.17) is 4.74 Å². The number of hydrogen-bond acceptors (Lipinski definition) is 3. The van der Waals surface area contributed by atoms with E-state index in [-0.39, 0.29) is 30.9 Å². The van der Waals surface area contributed by atoms with Crippen LogP contribution in [0, 0.1) is 0 Å². The highest BCUT2D eigenvalue weighted by atomic mass is 35.5. The van der Waals surface area contributed by atoms with Crippen molar-refractivity contribution in [3.8, 4) is 0 Å². The molecule has 14 heavy (non-hydrogen) atoms. The number of hydrogen-bond donors (Lipinski definition) is 0. The largest absolute Gasteiger partial charge is 0.456 e. The number of rotatable bonds is 5. The van der Waals surface area contributed by atoms with E-state index < -0.39 is 0 Å². The number of likely N-dealkylation sites (N-methyl/N-ethyl adjacent to an activating group) is 1. The van der Waals surface area contributed by atoms with E-state index in [9.17, 15) is 9.59 Å². The van der Waals surface area contributed by atoms with Gasteiger partial charge in [-0.15, -0.1) is 12.4 Å². The summed E-state index contributed by atoms with van der Waals surface area (Å²) in [6.07, 6.45) is 0.311. The van der Waals surface area contributed by atoms with Crippen molar-refractivity contribution in [3.05, 3.63) is 0 Å². The van der Waals surface area contributed by atoms with Gasteiger partial charge in [0.1, 0.15) is 0 Å². The molecule has 0 saturated heterocycles. The second-order valence-corrected chi connectivity index (χ2v) is 2.58. The maximum absolute atomic E-state index is 11.3. The topological polar surface area (TPSA) is 46.6 Å². The number of halogens is 1. The van der Waals surface area contributed by atoms with Crippen molar-refractivity contribution >= 4 is 24.3 Å². The molecule has 0 heterocycles. The normalized spacial score (nSPS) is 8.79. The van der Waals surface area contributed by atoms with Gasteiger partial charge in [0, 0.05) is 19.5 Å². The van der Waals surface area contributed by atoms with Crippen molar-refractivity contribution in [2.45, 2.75) is 27.2 Å². The van der Waals surface area contributed by atoms with Gasteiger partial charge < -0.3 is 9.64 Å². The number of carbonyl (C=O) groups is 2. The lowest BCUT2D eigenvalue weighted by atomic mass is 10.4. The van der Waals surface area contributed by atoms with E-state index in [2.05, 4.69) is 0 Å². The minimum atomic E-state index is -0.333. The molecule has 84 valence electrons. The van der Waals surface area contributed by atoms with Crippen molar-refractivity contribution in [2.75, 3.05) is 19.7 Å². The van der Waals surface area contributed by atoms with E-state index >= 15 is 0 Å². The van der Waals surface area contributed by atoms with Gasteiger partial charge in [-0.05, 0) is 13.8 Å². The Hall–Kier alpha value is -0.770. The highest BCUT2D eigenvalue weighted by Crippen LogP contribution is 1.91. The van der Waals surface area contributed by atoms with E-state index in [0.29, 0.717) is 19.5 Å². The monoisotopic (exact) mass is 223 g/mol. The molecule has 0 N–H and O–H groups in total. The fourth-order valence-electron chi connectivity index (χ4n) is 0.912. The Morgan fingerprint density at radius 2 is 1.64 bits per heavy atom. The van der Waals surface area contributed by atoms with Gasteiger partial charge in [0.25, 0.3) is 5.91 Å². The first-order valence-electron chi connectivity index (χ1n) is 4.59. The molecule has 0 radical (unpaired) electrons. The van der Waals surface area contributed by atoms with Crippen LogP contribution in [0.15, 0.2) is 0 Å². The number of amides is 1. The Balaban J connectivity index is 0. The van der Waals surface area contributed by atoms with Crippen LogP contribution < -0.4 is 0 Å². The van der Waals surface area contributed by atoms with Crippen molar-refractivity contribution in [3.63, 3.8) is 0 Å². The van der Waals surface area contributed by atoms with Crippen LogP contribution in [0.1, 0.15) is 27.2 Å². The molecular weight excluding hydrogens is 206 g/mol. The molecule has 4 nitrogen and oxygen atoms in total. The van der Waals surface area contributed by atoms with Gasteiger partial charge >= 0.3 is 5.97 Å². The number of esters is 1. The van der Waals surface area contributed by atoms with Crippen molar-refractivity contribution in [1.82, 2.24) is 4.90 Å². The standard InChI is InChI=1S/C9H17NO3.ClH/c1-4-9(12)13-7-8(11)10(5-2)6-3;/h4-7H2,1-3H3;1H. The van der Waals surface area contributed by atoms with Gasteiger partial charge in [0.2, 0.25) is 0 Å². The zero-order chi connectivity index (χ0) is 10.3. The van der Waals surface area contributed by atoms with Crippen molar-refractivity contribution in [1.29, 1.82) is 0 Å². The predicted molar refractivity (Wildman–Crippen MR) is 56.4 cm³/mol. The maximum atomic E-state index is 11.3. The molecule has 5 heteroatoms. The van der Waals surface area contributed by atoms with E-state index in [0.717, 1.165) is 0 Å². The third-order valence-electron chi connectivity index (χ3n) is 1.76. The summed E-state index contributed by atoms with van der Waals surface area (Å²) in [4.78, 5) is 23.6. The van der Waals surface area contributed by atoms with Crippen LogP contribution in [0.4, 0.5) is 0 Å². The molecule has 1 amide bonds. The molecule has 0 aliphatic rings. The van der Waals surface area contributed by atoms with Gasteiger partial charge in [0.05, 0.1) is 0 Å². The molecule has 0 aromatic carbocycles. The minimum absolute atomic E-state index is 0. The van der Waals surface area contributed by atoms with Gasteiger partial charge in [-0.1, -0.05) is 6.92 Å². The highest BCUT2D eigenvalue weighted by Gasteiger charge is 2.10. The molecule has 0 atom stereocenters. The van der Waals surface area contributed by atoms with Gasteiger partial charge in [-0.25, -0.2) is 0 Å². The summed E-state index contributed by atoms with van der Waals surface area (Å²) in [6, 6.07) is 0. The summed E-state index contributed by atoms with van der Waals surface area (Å²) in [7, 11) is 0. The Bertz CT molecular complexity index is 181. The van der Waals surface area contributed by atoms with Gasteiger partial charge in [-0.2, -0.15) is 0 Å². The average molecular weight is 224 g/mol. The molecule has 0 fully saturated rings. The third kappa shape index (κ3) is 5.80. The molecule has 0 aliphatic carbocycles. The SMILES string of the molecule is CCC(=O)OCC(=O)N(CC)CC.Cl. The lowest BCUT2D eigenvalue weighted by Gasteiger charge is -2.17. The summed E-state index contributed by atoms with van der Waals surface area (Å²) >= 11 is 0. The second kappa shape index (κ2) is 8.81. The number of carbonyl (C=O) groups excluding carboxylic acids is 2. The number of nitrogens with zero attached hydrogens (tertiary/aromatic N) is 1. The van der Waals surface area contributed by atoms with Gasteiger partial charge in [0.15, 0.2) is 6.61 Å². The van der Waals surface area contributed by atoms with E-state index in [1.807, 2.05) is 13.8 Å². The first-order valence-corrected chi connectivity index (χ1v) is 4.59. The minimum Gasteiger partial charge on any atom is -0.456 e. The Morgan fingerprint density at radius 1 is 1.14 bits per heavy atom. The van der Waals surface area contributed by atoms with Crippen molar-refractivity contribution < 1.29 is 14.3 Å². The maximum Gasteiger partial charge on any atom is 0.306 e. The summed E-state index contributed by atoms with van der Waals surface area (Å²) in [6.45, 7) is 6.66. The first kappa shape index (κ1) is 15.7. The second-order valence-electron chi connectivity index (χ2n) is 2.58. The molecule has 0 aromatic rings. The summed E-state index contributed by atoms with van der Waals surface area (Å²) in [5.41, 5.74) is 0. The lowest BCUT2D eigenvalue weighted by molar-refractivity contribution is -0.151. The van der Waals surface area contributed by atoms with Gasteiger partial charge in [-0.3, -0.25) is 9.59 Å². The van der Waals surface area contributed by atoms with Crippen LogP contribution in [0.2, 0.25) is 0 Å². The lowest BCUT2D eigenvalue weighted by Crippen LogP contribution is -2.34. The van der Waals surface area contributed by atoms with Crippen molar-refractivity contribution in [2.24, 2.45) is 0 Å². The smallest absolute Gasteiger partial charge is 0.306 e. The molecule has 0 aliphatic heterocycles. The summed E-state index contributed by atoms with van der Waals surface area (Å²) in [5, 5.41) is 0. The van der Waals surface area contributed by atoms with Crippen LogP contribution >= 0.6 is 12.4 Å². The third-order valence-corrected chi connectivity index (χ3v) is 1.76. The Morgan fingerprint density at radius 3 is 2.00 bits per heavy atom. The van der Waals surface area contributed by atoms with E-state index in [1.165, 1.54) is 0 Å². The zero-order valence-corrected chi connectivity index (χ0v) is 9.73. The number of ether oxygens (including phenoxy) is 1. The van der Waals surface area contributed by atoms with Crippen LogP contribution in [0.25, 0.3) is 0 Å². The Kier molecular flexibility index (Phi) is 9.88. The molecule has 0 saturated carbocycles. The molecule has 0 bridgehead atoms. The fourth-order valence-corrected chi connectivity index (χ4v) is 0.912. The summed E-state index contributed by atoms with van der Waals surface area (Å²) in [5.74, 6) is -0.465. The molecule has 0 spiro atoms. The quantitative estimate of drug-likeness (QED) is 0.659. The highest BCUT2D eigenvalue weighted by molar-refractivity contribution is 5.85. The van der Waals surface area contributed by atoms with Crippen LogP contribution in [0.5, 0.6) is 0 Å². The summed E-state index contributed by atoms with van der Waals surface area (Å²) < 4.78 is 4.71. The van der Waals surface area contributed by atoms with E-state index in [1.54, 1.807) is 11.8 Å². The molecule has 0 unspecified atom stereocenters. The Labute approximate surface area is 91.0 Å². The predicted octanol–water partition coefficient (Wildman–Crippen LogP) is 1.23. The zero-order valence-electron chi connectivity index (χ0n) is 8.91. The average Bonchev–Trinajstić information content (AvgIpc) is 2.16. The fraction of sp³-hybridized carbons (Fsp3) is 0.778. The molecule has 0 aromatic heterocycles. The van der Waals surface area contributed by atoms with Crippen LogP contribution in [-0.4, -0.2) is 36.5 Å². The van der Waals surface area contributed by atoms with Crippen LogP contribution in [0.3, 0.4) is 0 Å². The first-order chi connectivity index (χ1) is 6.15. The molecule has 0 rings (SSSR count). The molecular formula is C9H18ClNO3.